The van der Waals surface area contributed by atoms with E-state index in [1.165, 1.54) is 0 Å². The summed E-state index contributed by atoms with van der Waals surface area (Å²) in [4.78, 5) is 16.3. The topological polar surface area (TPSA) is 91.0 Å². The number of ether oxygens (including phenoxy) is 3. The summed E-state index contributed by atoms with van der Waals surface area (Å²) < 4.78 is 61.0. The Hall–Kier alpha value is -4.73. The molecule has 42 heavy (non-hydrogen) atoms. The third-order valence-electron chi connectivity index (χ3n) is 6.36. The highest BCUT2D eigenvalue weighted by molar-refractivity contribution is 5.72. The number of alkyl halides is 3. The van der Waals surface area contributed by atoms with Crippen molar-refractivity contribution in [3.05, 3.63) is 101 Å². The van der Waals surface area contributed by atoms with Gasteiger partial charge in [-0.2, -0.15) is 13.2 Å². The van der Waals surface area contributed by atoms with Crippen molar-refractivity contribution in [1.82, 2.24) is 4.98 Å². The molecule has 1 aromatic heterocycles. The molecule has 0 aliphatic rings. The first-order chi connectivity index (χ1) is 20.1. The van der Waals surface area contributed by atoms with Crippen LogP contribution in [0.3, 0.4) is 0 Å². The molecule has 4 rings (SSSR count). The molecule has 0 amide bonds. The number of aliphatic carboxylic acids is 1. The molecule has 1 heterocycles. The maximum atomic E-state index is 12.8. The lowest BCUT2D eigenvalue weighted by Gasteiger charge is -2.15. The maximum absolute atomic E-state index is 12.8. The van der Waals surface area contributed by atoms with E-state index in [2.05, 4.69) is 4.98 Å². The van der Waals surface area contributed by atoms with E-state index in [1.54, 1.807) is 37.5 Å². The van der Waals surface area contributed by atoms with Crippen molar-refractivity contribution in [2.75, 3.05) is 13.7 Å². The van der Waals surface area contributed by atoms with Gasteiger partial charge in [-0.3, -0.25) is 0 Å². The number of methoxy groups -OCH3 is 1. The fraction of sp³-hybridized carbons (Fsp3) is 0.250. The number of aryl methyl sites for hydroxylation is 1. The second kappa shape index (κ2) is 13.8. The highest BCUT2D eigenvalue weighted by Gasteiger charge is 2.30. The number of hydrogen-bond donors (Lipinski definition) is 1. The van der Waals surface area contributed by atoms with Crippen LogP contribution >= 0.6 is 0 Å². The first-order valence-electron chi connectivity index (χ1n) is 13.2. The molecule has 7 nitrogen and oxygen atoms in total. The van der Waals surface area contributed by atoms with Gasteiger partial charge in [-0.05, 0) is 74.4 Å². The number of carboxylic acids is 1. The average Bonchev–Trinajstić information content (AvgIpc) is 3.35. The van der Waals surface area contributed by atoms with E-state index >= 15 is 0 Å². The molecule has 0 fully saturated rings. The van der Waals surface area contributed by atoms with Crippen LogP contribution in [0.25, 0.3) is 17.5 Å². The number of rotatable bonds is 13. The van der Waals surface area contributed by atoms with Crippen molar-refractivity contribution >= 4 is 12.0 Å². The first kappa shape index (κ1) is 30.2. The smallest absolute Gasteiger partial charge is 0.416 e. The highest BCUT2D eigenvalue weighted by atomic mass is 19.4. The molecule has 1 atom stereocenters. The number of aromatic nitrogens is 1. The third kappa shape index (κ3) is 8.15. The fourth-order valence-electron chi connectivity index (χ4n) is 4.11. The van der Waals surface area contributed by atoms with Gasteiger partial charge in [0.05, 0.1) is 25.0 Å². The second-order valence-electron chi connectivity index (χ2n) is 9.34. The molecule has 0 saturated carbocycles. The number of oxazole rings is 1. The zero-order valence-electron chi connectivity index (χ0n) is 23.1. The summed E-state index contributed by atoms with van der Waals surface area (Å²) in [6.07, 6.45) is -1.20. The Balaban J connectivity index is 1.36. The lowest BCUT2D eigenvalue weighted by molar-refractivity contribution is -0.145. The first-order valence-corrected chi connectivity index (χ1v) is 13.2. The zero-order valence-corrected chi connectivity index (χ0v) is 23.1. The van der Waals surface area contributed by atoms with Crippen LogP contribution in [0, 0.1) is 6.92 Å². The predicted octanol–water partition coefficient (Wildman–Crippen LogP) is 7.62. The Kier molecular flexibility index (Phi) is 9.90. The summed E-state index contributed by atoms with van der Waals surface area (Å²) in [5, 5.41) is 9.55. The number of hydrogen-bond acceptors (Lipinski definition) is 6. The largest absolute Gasteiger partial charge is 0.497 e. The summed E-state index contributed by atoms with van der Waals surface area (Å²) in [7, 11) is 1.55. The molecule has 0 spiro atoms. The van der Waals surface area contributed by atoms with E-state index < -0.39 is 23.8 Å². The Morgan fingerprint density at radius 1 is 1.05 bits per heavy atom. The van der Waals surface area contributed by atoms with Crippen LogP contribution in [0.4, 0.5) is 13.2 Å². The van der Waals surface area contributed by atoms with Crippen molar-refractivity contribution in [2.45, 2.75) is 38.5 Å². The van der Waals surface area contributed by atoms with E-state index in [-0.39, 0.29) is 12.2 Å². The molecule has 10 heteroatoms. The van der Waals surface area contributed by atoms with Gasteiger partial charge in [0, 0.05) is 17.5 Å². The minimum absolute atomic E-state index is 0.0427. The van der Waals surface area contributed by atoms with E-state index in [0.29, 0.717) is 36.8 Å². The van der Waals surface area contributed by atoms with Crippen LogP contribution < -0.4 is 14.2 Å². The standard InChI is InChI=1S/C32H30F3NO6/c1-21-27(36-30(41-21)22-8-4-3-5-9-22)18-19-40-28-17-16-26(39-2)20-23(28)10-6-7-11-29(31(37)38)42-25-14-12-24(13-15-25)32(33,34)35/h3-6,8-10,12-17,20,29H,7,11,18-19H2,1-2H3,(H,37,38). The van der Waals surface area contributed by atoms with Crippen molar-refractivity contribution in [3.63, 3.8) is 0 Å². The number of benzene rings is 3. The minimum atomic E-state index is -4.49. The van der Waals surface area contributed by atoms with Gasteiger partial charge in [-0.25, -0.2) is 9.78 Å². The summed E-state index contributed by atoms with van der Waals surface area (Å²) in [5.74, 6) is 1.33. The number of carboxylic acid groups (broad SMARTS) is 1. The summed E-state index contributed by atoms with van der Waals surface area (Å²) in [6, 6.07) is 18.9. The van der Waals surface area contributed by atoms with E-state index in [0.717, 1.165) is 46.8 Å². The molecule has 0 aliphatic heterocycles. The molecule has 3 aromatic carbocycles. The Morgan fingerprint density at radius 3 is 2.43 bits per heavy atom. The van der Waals surface area contributed by atoms with Gasteiger partial charge in [0.2, 0.25) is 5.89 Å². The van der Waals surface area contributed by atoms with Gasteiger partial charge >= 0.3 is 12.1 Å². The summed E-state index contributed by atoms with van der Waals surface area (Å²) >= 11 is 0. The van der Waals surface area contributed by atoms with Crippen LogP contribution in [-0.2, 0) is 17.4 Å². The normalized spacial score (nSPS) is 12.3. The molecular formula is C32H30F3NO6. The quantitative estimate of drug-likeness (QED) is 0.174. The molecule has 0 bridgehead atoms. The zero-order chi connectivity index (χ0) is 30.1. The van der Waals surface area contributed by atoms with Crippen LogP contribution in [0.2, 0.25) is 0 Å². The monoisotopic (exact) mass is 581 g/mol. The van der Waals surface area contributed by atoms with E-state index in [4.69, 9.17) is 18.6 Å². The van der Waals surface area contributed by atoms with Gasteiger partial charge in [0.25, 0.3) is 0 Å². The number of carbonyl (C=O) groups is 1. The van der Waals surface area contributed by atoms with Crippen molar-refractivity contribution < 1.29 is 41.7 Å². The van der Waals surface area contributed by atoms with Gasteiger partial charge < -0.3 is 23.7 Å². The van der Waals surface area contributed by atoms with Crippen LogP contribution in [-0.4, -0.2) is 35.9 Å². The van der Waals surface area contributed by atoms with Gasteiger partial charge in [0.15, 0.2) is 6.10 Å². The van der Waals surface area contributed by atoms with E-state index in [1.807, 2.05) is 37.3 Å². The molecule has 220 valence electrons. The van der Waals surface area contributed by atoms with Crippen LogP contribution in [0.15, 0.2) is 83.3 Å². The molecule has 1 unspecified atom stereocenters. The van der Waals surface area contributed by atoms with Gasteiger partial charge in [-0.15, -0.1) is 0 Å². The summed E-state index contributed by atoms with van der Waals surface area (Å²) in [5.41, 5.74) is 1.58. The Morgan fingerprint density at radius 2 is 1.76 bits per heavy atom. The Labute approximate surface area is 241 Å². The number of nitrogens with zero attached hydrogens (tertiary/aromatic N) is 1. The number of halogens is 3. The molecule has 0 saturated heterocycles. The fourth-order valence-corrected chi connectivity index (χ4v) is 4.11. The molecule has 4 aromatic rings. The third-order valence-corrected chi connectivity index (χ3v) is 6.36. The van der Waals surface area contributed by atoms with Gasteiger partial charge in [0.1, 0.15) is 23.0 Å². The van der Waals surface area contributed by atoms with Crippen LogP contribution in [0.1, 0.15) is 35.4 Å². The molecule has 1 N–H and O–H groups in total. The highest BCUT2D eigenvalue weighted by Crippen LogP contribution is 2.31. The lowest BCUT2D eigenvalue weighted by atomic mass is 10.1. The van der Waals surface area contributed by atoms with Crippen molar-refractivity contribution in [2.24, 2.45) is 0 Å². The van der Waals surface area contributed by atoms with E-state index in [9.17, 15) is 23.1 Å². The average molecular weight is 582 g/mol. The predicted molar refractivity (Wildman–Crippen MR) is 151 cm³/mol. The second-order valence-corrected chi connectivity index (χ2v) is 9.34. The lowest BCUT2D eigenvalue weighted by Crippen LogP contribution is -2.26. The van der Waals surface area contributed by atoms with Gasteiger partial charge in [-0.1, -0.05) is 30.4 Å². The molecule has 0 radical (unpaired) electrons. The molecule has 0 aliphatic carbocycles. The summed E-state index contributed by atoms with van der Waals surface area (Å²) in [6.45, 7) is 2.21. The maximum Gasteiger partial charge on any atom is 0.416 e. The van der Waals surface area contributed by atoms with Crippen molar-refractivity contribution in [1.29, 1.82) is 0 Å². The minimum Gasteiger partial charge on any atom is -0.497 e. The SMILES string of the molecule is COc1ccc(OCCc2nc(-c3ccccc3)oc2C)c(C=CCCC(Oc2ccc(C(F)(F)F)cc2)C(=O)O)c1. The Bertz CT molecular complexity index is 1500. The van der Waals surface area contributed by atoms with Crippen molar-refractivity contribution in [3.8, 4) is 28.7 Å². The molecular weight excluding hydrogens is 551 g/mol. The van der Waals surface area contributed by atoms with Crippen LogP contribution in [0.5, 0.6) is 17.2 Å². The number of allylic oxidation sites excluding steroid dienone is 1.